The fourth-order valence-electron chi connectivity index (χ4n) is 3.21. The third kappa shape index (κ3) is 5.20. The molecule has 9 heteroatoms. The van der Waals surface area contributed by atoms with E-state index in [1.807, 2.05) is 49.4 Å². The highest BCUT2D eigenvalue weighted by Crippen LogP contribution is 2.30. The van der Waals surface area contributed by atoms with Gasteiger partial charge in [-0.05, 0) is 48.4 Å². The molecule has 4 aromatic rings. The quantitative estimate of drug-likeness (QED) is 0.408. The second-order valence-corrected chi connectivity index (χ2v) is 7.32. The predicted molar refractivity (Wildman–Crippen MR) is 119 cm³/mol. The number of hydrogen-bond acceptors (Lipinski definition) is 4. The smallest absolute Gasteiger partial charge is 0.349 e. The van der Waals surface area contributed by atoms with E-state index in [0.29, 0.717) is 17.8 Å². The van der Waals surface area contributed by atoms with Crippen LogP contribution in [0.15, 0.2) is 78.9 Å². The highest BCUT2D eigenvalue weighted by atomic mass is 19.4. The van der Waals surface area contributed by atoms with E-state index in [-0.39, 0.29) is 11.9 Å². The summed E-state index contributed by atoms with van der Waals surface area (Å²) in [5.41, 5.74) is 1.77. The van der Waals surface area contributed by atoms with Crippen molar-refractivity contribution in [2.24, 2.45) is 0 Å². The molecule has 0 saturated heterocycles. The first-order chi connectivity index (χ1) is 15.8. The van der Waals surface area contributed by atoms with Crippen molar-refractivity contribution in [3.63, 3.8) is 0 Å². The van der Waals surface area contributed by atoms with Gasteiger partial charge in [0.25, 0.3) is 5.91 Å². The standard InChI is InChI=1S/C24H20F3N5O/c1-16-7-5-6-10-20(16)21(33)29-23-30-22(28-15-17-8-3-2-4-9-17)31-32(23)19-13-11-18(12-14-19)24(25,26)27/h2-14H,15H2,1H3,(H2,28,29,30,31,33). The summed E-state index contributed by atoms with van der Waals surface area (Å²) in [5.74, 6) is -0.0966. The number of benzene rings is 3. The van der Waals surface area contributed by atoms with Gasteiger partial charge in [-0.1, -0.05) is 48.5 Å². The zero-order chi connectivity index (χ0) is 23.4. The summed E-state index contributed by atoms with van der Waals surface area (Å²) in [7, 11) is 0. The van der Waals surface area contributed by atoms with Crippen molar-refractivity contribution in [2.45, 2.75) is 19.6 Å². The van der Waals surface area contributed by atoms with Gasteiger partial charge in [-0.25, -0.2) is 0 Å². The molecule has 1 aromatic heterocycles. The van der Waals surface area contributed by atoms with Crippen LogP contribution in [-0.4, -0.2) is 20.7 Å². The maximum Gasteiger partial charge on any atom is 0.416 e. The number of carbonyl (C=O) groups is 1. The minimum Gasteiger partial charge on any atom is -0.349 e. The highest BCUT2D eigenvalue weighted by Gasteiger charge is 2.30. The van der Waals surface area contributed by atoms with E-state index in [9.17, 15) is 18.0 Å². The zero-order valence-corrected chi connectivity index (χ0v) is 17.6. The number of alkyl halides is 3. The van der Waals surface area contributed by atoms with Crippen LogP contribution in [0.4, 0.5) is 25.1 Å². The van der Waals surface area contributed by atoms with Crippen LogP contribution in [0.1, 0.15) is 27.0 Å². The monoisotopic (exact) mass is 451 g/mol. The van der Waals surface area contributed by atoms with Crippen molar-refractivity contribution in [1.82, 2.24) is 14.8 Å². The molecule has 0 aliphatic heterocycles. The second kappa shape index (κ2) is 9.15. The van der Waals surface area contributed by atoms with Crippen molar-refractivity contribution in [2.75, 3.05) is 10.6 Å². The number of nitrogens with one attached hydrogen (secondary N) is 2. The van der Waals surface area contributed by atoms with Crippen molar-refractivity contribution < 1.29 is 18.0 Å². The molecular formula is C24H20F3N5O. The molecule has 3 aromatic carbocycles. The van der Waals surface area contributed by atoms with Gasteiger partial charge < -0.3 is 5.32 Å². The van der Waals surface area contributed by atoms with Crippen molar-refractivity contribution >= 4 is 17.8 Å². The largest absolute Gasteiger partial charge is 0.416 e. The van der Waals surface area contributed by atoms with Crippen molar-refractivity contribution in [1.29, 1.82) is 0 Å². The summed E-state index contributed by atoms with van der Waals surface area (Å²) < 4.78 is 40.2. The molecule has 0 atom stereocenters. The maximum absolute atomic E-state index is 13.0. The average molecular weight is 451 g/mol. The lowest BCUT2D eigenvalue weighted by Gasteiger charge is -2.10. The van der Waals surface area contributed by atoms with Crippen LogP contribution < -0.4 is 10.6 Å². The maximum atomic E-state index is 13.0. The van der Waals surface area contributed by atoms with E-state index in [2.05, 4.69) is 20.7 Å². The molecule has 0 spiro atoms. The van der Waals surface area contributed by atoms with E-state index in [4.69, 9.17) is 0 Å². The van der Waals surface area contributed by atoms with Gasteiger partial charge in [0.1, 0.15) is 0 Å². The lowest BCUT2D eigenvalue weighted by molar-refractivity contribution is -0.137. The van der Waals surface area contributed by atoms with Gasteiger partial charge in [0, 0.05) is 12.1 Å². The van der Waals surface area contributed by atoms with Crippen LogP contribution in [0.25, 0.3) is 5.69 Å². The number of anilines is 2. The topological polar surface area (TPSA) is 71.8 Å². The van der Waals surface area contributed by atoms with Gasteiger partial charge >= 0.3 is 6.18 Å². The van der Waals surface area contributed by atoms with Crippen molar-refractivity contribution in [3.05, 3.63) is 101 Å². The van der Waals surface area contributed by atoms with Crippen LogP contribution >= 0.6 is 0 Å². The molecule has 168 valence electrons. The van der Waals surface area contributed by atoms with Gasteiger partial charge in [0.05, 0.1) is 11.3 Å². The Morgan fingerprint density at radius 3 is 2.27 bits per heavy atom. The van der Waals surface area contributed by atoms with E-state index < -0.39 is 17.6 Å². The summed E-state index contributed by atoms with van der Waals surface area (Å²) in [4.78, 5) is 17.2. The SMILES string of the molecule is Cc1ccccc1C(=O)Nc1nc(NCc2ccccc2)nn1-c1ccc(C(F)(F)F)cc1. The van der Waals surface area contributed by atoms with Gasteiger partial charge in [-0.15, -0.1) is 5.10 Å². The minimum absolute atomic E-state index is 0.0820. The summed E-state index contributed by atoms with van der Waals surface area (Å²) in [6, 6.07) is 21.1. The van der Waals surface area contributed by atoms with Crippen LogP contribution in [-0.2, 0) is 12.7 Å². The molecule has 0 aliphatic rings. The number of rotatable bonds is 6. The Bertz CT molecular complexity index is 1250. The van der Waals surface area contributed by atoms with E-state index in [0.717, 1.165) is 23.3 Å². The Balaban J connectivity index is 1.65. The molecule has 0 fully saturated rings. The Labute approximate surface area is 188 Å². The Hall–Kier alpha value is -4.14. The number of nitrogens with zero attached hydrogens (tertiary/aromatic N) is 3. The van der Waals surface area contributed by atoms with Crippen molar-refractivity contribution in [3.8, 4) is 5.69 Å². The summed E-state index contributed by atoms with van der Waals surface area (Å²) in [6.07, 6.45) is -4.45. The number of carbonyl (C=O) groups excluding carboxylic acids is 1. The Kier molecular flexibility index (Phi) is 6.12. The Morgan fingerprint density at radius 1 is 0.939 bits per heavy atom. The van der Waals surface area contributed by atoms with Crippen LogP contribution in [0, 0.1) is 6.92 Å². The predicted octanol–water partition coefficient (Wildman–Crippen LogP) is 5.46. The lowest BCUT2D eigenvalue weighted by Crippen LogP contribution is -2.17. The fourth-order valence-corrected chi connectivity index (χ4v) is 3.21. The van der Waals surface area contributed by atoms with Gasteiger partial charge in [-0.2, -0.15) is 22.8 Å². The molecule has 0 unspecified atom stereocenters. The molecule has 6 nitrogen and oxygen atoms in total. The summed E-state index contributed by atoms with van der Waals surface area (Å²) in [5, 5.41) is 10.1. The number of amides is 1. The first-order valence-electron chi connectivity index (χ1n) is 10.1. The van der Waals surface area contributed by atoms with E-state index in [1.54, 1.807) is 12.1 Å². The number of aromatic nitrogens is 3. The molecule has 1 heterocycles. The van der Waals surface area contributed by atoms with E-state index in [1.165, 1.54) is 16.8 Å². The molecule has 0 aliphatic carbocycles. The molecule has 0 saturated carbocycles. The third-order valence-corrected chi connectivity index (χ3v) is 4.95. The summed E-state index contributed by atoms with van der Waals surface area (Å²) in [6.45, 7) is 2.24. The minimum atomic E-state index is -4.45. The molecule has 1 amide bonds. The number of hydrogen-bond donors (Lipinski definition) is 2. The van der Waals surface area contributed by atoms with E-state index >= 15 is 0 Å². The van der Waals surface area contributed by atoms with Gasteiger partial charge in [0.15, 0.2) is 0 Å². The van der Waals surface area contributed by atoms with Crippen LogP contribution in [0.5, 0.6) is 0 Å². The molecule has 0 radical (unpaired) electrons. The molecule has 4 rings (SSSR count). The third-order valence-electron chi connectivity index (χ3n) is 4.95. The number of halogens is 3. The van der Waals surface area contributed by atoms with Crippen LogP contribution in [0.2, 0.25) is 0 Å². The number of aryl methyl sites for hydroxylation is 1. The molecular weight excluding hydrogens is 431 g/mol. The highest BCUT2D eigenvalue weighted by molar-refractivity contribution is 6.04. The lowest BCUT2D eigenvalue weighted by atomic mass is 10.1. The van der Waals surface area contributed by atoms with Crippen LogP contribution in [0.3, 0.4) is 0 Å². The zero-order valence-electron chi connectivity index (χ0n) is 17.6. The first kappa shape index (κ1) is 22.1. The summed E-state index contributed by atoms with van der Waals surface area (Å²) >= 11 is 0. The average Bonchev–Trinajstić information content (AvgIpc) is 3.20. The first-order valence-corrected chi connectivity index (χ1v) is 10.1. The van der Waals surface area contributed by atoms with Gasteiger partial charge in [-0.3, -0.25) is 10.1 Å². The Morgan fingerprint density at radius 2 is 1.61 bits per heavy atom. The normalized spacial score (nSPS) is 11.3. The second-order valence-electron chi connectivity index (χ2n) is 7.32. The fraction of sp³-hybridized carbons (Fsp3) is 0.125. The molecule has 2 N–H and O–H groups in total. The molecule has 33 heavy (non-hydrogen) atoms. The molecule has 0 bridgehead atoms. The van der Waals surface area contributed by atoms with Gasteiger partial charge in [0.2, 0.25) is 11.9 Å².